The number of hydrogen-bond donors (Lipinski definition) is 1. The van der Waals surface area contributed by atoms with E-state index in [0.717, 1.165) is 5.69 Å². The van der Waals surface area contributed by atoms with Crippen LogP contribution in [0.25, 0.3) is 0 Å². The SMILES string of the molecule is O=C1C(O)c2ccc(Cl)cc2N1c1ccccc1. The van der Waals surface area contributed by atoms with E-state index in [1.54, 1.807) is 18.2 Å². The molecule has 2 aromatic rings. The molecule has 4 heteroatoms. The lowest BCUT2D eigenvalue weighted by molar-refractivity contribution is -0.125. The molecule has 0 saturated carbocycles. The Balaban J connectivity index is 2.18. The van der Waals surface area contributed by atoms with Gasteiger partial charge in [-0.2, -0.15) is 0 Å². The van der Waals surface area contributed by atoms with Gasteiger partial charge in [-0.25, -0.2) is 0 Å². The molecule has 1 unspecified atom stereocenters. The van der Waals surface area contributed by atoms with Gasteiger partial charge in [-0.15, -0.1) is 0 Å². The quantitative estimate of drug-likeness (QED) is 0.855. The minimum atomic E-state index is -1.11. The molecule has 0 aromatic heterocycles. The molecule has 1 amide bonds. The molecule has 90 valence electrons. The lowest BCUT2D eigenvalue weighted by Gasteiger charge is -2.17. The van der Waals surface area contributed by atoms with E-state index in [4.69, 9.17) is 11.6 Å². The largest absolute Gasteiger partial charge is 0.378 e. The Morgan fingerprint density at radius 1 is 1.11 bits per heavy atom. The van der Waals surface area contributed by atoms with E-state index < -0.39 is 6.10 Å². The number of anilines is 2. The molecule has 0 aliphatic carbocycles. The molecule has 0 fully saturated rings. The minimum Gasteiger partial charge on any atom is -0.378 e. The molecular weight excluding hydrogens is 250 g/mol. The molecule has 1 atom stereocenters. The van der Waals surface area contributed by atoms with Crippen LogP contribution in [0.1, 0.15) is 11.7 Å². The molecule has 1 N–H and O–H groups in total. The molecule has 0 saturated heterocycles. The van der Waals surface area contributed by atoms with Crippen molar-refractivity contribution < 1.29 is 9.90 Å². The second kappa shape index (κ2) is 4.12. The van der Waals surface area contributed by atoms with Gasteiger partial charge in [0, 0.05) is 16.3 Å². The summed E-state index contributed by atoms with van der Waals surface area (Å²) in [6.07, 6.45) is -1.11. The van der Waals surface area contributed by atoms with Gasteiger partial charge in [0.25, 0.3) is 5.91 Å². The van der Waals surface area contributed by atoms with Gasteiger partial charge < -0.3 is 5.11 Å². The molecule has 0 radical (unpaired) electrons. The molecule has 3 rings (SSSR count). The molecule has 18 heavy (non-hydrogen) atoms. The van der Waals surface area contributed by atoms with Crippen molar-refractivity contribution in [2.24, 2.45) is 0 Å². The molecule has 1 aliphatic rings. The van der Waals surface area contributed by atoms with E-state index in [1.165, 1.54) is 4.90 Å². The summed E-state index contributed by atoms with van der Waals surface area (Å²) in [5, 5.41) is 10.5. The first-order chi connectivity index (χ1) is 8.68. The molecule has 2 aromatic carbocycles. The van der Waals surface area contributed by atoms with Crippen LogP contribution in [0.4, 0.5) is 11.4 Å². The number of nitrogens with zero attached hydrogens (tertiary/aromatic N) is 1. The number of halogens is 1. The second-order valence-electron chi connectivity index (χ2n) is 4.11. The predicted molar refractivity (Wildman–Crippen MR) is 70.0 cm³/mol. The summed E-state index contributed by atoms with van der Waals surface area (Å²) in [4.78, 5) is 13.6. The Hall–Kier alpha value is -1.84. The smallest absolute Gasteiger partial charge is 0.265 e. The Morgan fingerprint density at radius 3 is 2.56 bits per heavy atom. The Morgan fingerprint density at radius 2 is 1.83 bits per heavy atom. The molecule has 3 nitrogen and oxygen atoms in total. The number of aliphatic hydroxyl groups excluding tert-OH is 1. The third-order valence-electron chi connectivity index (χ3n) is 3.00. The Kier molecular flexibility index (Phi) is 2.58. The number of carbonyl (C=O) groups excluding carboxylic acids is 1. The standard InChI is InChI=1S/C14H10ClNO2/c15-9-6-7-11-12(8-9)16(14(18)13(11)17)10-4-2-1-3-5-10/h1-8,13,17H. The summed E-state index contributed by atoms with van der Waals surface area (Å²) < 4.78 is 0. The number of benzene rings is 2. The molecule has 0 bridgehead atoms. The number of fused-ring (bicyclic) bond motifs is 1. The highest BCUT2D eigenvalue weighted by atomic mass is 35.5. The fourth-order valence-electron chi connectivity index (χ4n) is 2.16. The third-order valence-corrected chi connectivity index (χ3v) is 3.23. The van der Waals surface area contributed by atoms with E-state index in [9.17, 15) is 9.90 Å². The highest BCUT2D eigenvalue weighted by Crippen LogP contribution is 2.41. The third kappa shape index (κ3) is 1.60. The lowest BCUT2D eigenvalue weighted by Crippen LogP contribution is -2.23. The van der Waals surface area contributed by atoms with Gasteiger partial charge >= 0.3 is 0 Å². The number of aliphatic hydroxyl groups is 1. The number of rotatable bonds is 1. The molecular formula is C14H10ClNO2. The van der Waals surface area contributed by atoms with Crippen LogP contribution in [0, 0.1) is 0 Å². The summed E-state index contributed by atoms with van der Waals surface area (Å²) in [7, 11) is 0. The maximum Gasteiger partial charge on any atom is 0.265 e. The topological polar surface area (TPSA) is 40.5 Å². The van der Waals surface area contributed by atoms with Gasteiger partial charge in [-0.05, 0) is 24.3 Å². The van der Waals surface area contributed by atoms with Crippen LogP contribution in [-0.4, -0.2) is 11.0 Å². The van der Waals surface area contributed by atoms with Gasteiger partial charge in [0.15, 0.2) is 6.10 Å². The van der Waals surface area contributed by atoms with Crippen LogP contribution >= 0.6 is 11.6 Å². The lowest BCUT2D eigenvalue weighted by atomic mass is 10.1. The van der Waals surface area contributed by atoms with Crippen LogP contribution in [0.2, 0.25) is 5.02 Å². The maximum absolute atomic E-state index is 12.1. The first kappa shape index (κ1) is 11.3. The van der Waals surface area contributed by atoms with Crippen molar-refractivity contribution in [2.75, 3.05) is 4.90 Å². The van der Waals surface area contributed by atoms with Crippen molar-refractivity contribution in [1.29, 1.82) is 0 Å². The fourth-order valence-corrected chi connectivity index (χ4v) is 2.33. The van der Waals surface area contributed by atoms with Gasteiger partial charge in [0.2, 0.25) is 0 Å². The number of carbonyl (C=O) groups is 1. The highest BCUT2D eigenvalue weighted by molar-refractivity contribution is 6.31. The molecule has 1 heterocycles. The van der Waals surface area contributed by atoms with Crippen LogP contribution in [0.3, 0.4) is 0 Å². The Labute approximate surface area is 109 Å². The van der Waals surface area contributed by atoms with Crippen LogP contribution < -0.4 is 4.90 Å². The zero-order chi connectivity index (χ0) is 12.7. The second-order valence-corrected chi connectivity index (χ2v) is 4.55. The number of hydrogen-bond acceptors (Lipinski definition) is 2. The summed E-state index contributed by atoms with van der Waals surface area (Å²) >= 11 is 5.95. The summed E-state index contributed by atoms with van der Waals surface area (Å²) in [5.41, 5.74) is 1.96. The summed E-state index contributed by atoms with van der Waals surface area (Å²) in [6.45, 7) is 0. The van der Waals surface area contributed by atoms with E-state index >= 15 is 0 Å². The summed E-state index contributed by atoms with van der Waals surface area (Å²) in [6, 6.07) is 14.3. The van der Waals surface area contributed by atoms with E-state index in [2.05, 4.69) is 0 Å². The van der Waals surface area contributed by atoms with Gasteiger partial charge in [-0.1, -0.05) is 35.9 Å². The molecule has 1 aliphatic heterocycles. The first-order valence-corrected chi connectivity index (χ1v) is 5.93. The Bertz CT molecular complexity index is 612. The van der Waals surface area contributed by atoms with Gasteiger partial charge in [0.1, 0.15) is 0 Å². The predicted octanol–water partition coefficient (Wildman–Crippen LogP) is 3.05. The van der Waals surface area contributed by atoms with Crippen molar-refractivity contribution in [3.8, 4) is 0 Å². The monoisotopic (exact) mass is 259 g/mol. The van der Waals surface area contributed by atoms with Gasteiger partial charge in [0.05, 0.1) is 5.69 Å². The summed E-state index contributed by atoms with van der Waals surface area (Å²) in [5.74, 6) is -0.349. The van der Waals surface area contributed by atoms with Crippen molar-refractivity contribution in [3.05, 3.63) is 59.1 Å². The van der Waals surface area contributed by atoms with E-state index in [0.29, 0.717) is 16.3 Å². The normalized spacial score (nSPS) is 18.0. The van der Waals surface area contributed by atoms with Crippen LogP contribution in [-0.2, 0) is 4.79 Å². The first-order valence-electron chi connectivity index (χ1n) is 5.55. The zero-order valence-corrected chi connectivity index (χ0v) is 10.1. The highest BCUT2D eigenvalue weighted by Gasteiger charge is 2.36. The van der Waals surface area contributed by atoms with E-state index in [1.807, 2.05) is 30.3 Å². The van der Waals surface area contributed by atoms with Crippen LogP contribution in [0.15, 0.2) is 48.5 Å². The number of amides is 1. The maximum atomic E-state index is 12.1. The van der Waals surface area contributed by atoms with Crippen LogP contribution in [0.5, 0.6) is 0 Å². The van der Waals surface area contributed by atoms with Gasteiger partial charge in [-0.3, -0.25) is 9.69 Å². The van der Waals surface area contributed by atoms with Crippen molar-refractivity contribution >= 4 is 28.9 Å². The average molecular weight is 260 g/mol. The van der Waals surface area contributed by atoms with Crippen molar-refractivity contribution in [1.82, 2.24) is 0 Å². The average Bonchev–Trinajstić information content (AvgIpc) is 2.63. The minimum absolute atomic E-state index is 0.349. The fraction of sp³-hybridized carbons (Fsp3) is 0.0714. The van der Waals surface area contributed by atoms with Crippen molar-refractivity contribution in [2.45, 2.75) is 6.10 Å². The van der Waals surface area contributed by atoms with Crippen molar-refractivity contribution in [3.63, 3.8) is 0 Å². The number of para-hydroxylation sites is 1. The van der Waals surface area contributed by atoms with E-state index in [-0.39, 0.29) is 5.91 Å². The molecule has 0 spiro atoms. The zero-order valence-electron chi connectivity index (χ0n) is 9.38.